The van der Waals surface area contributed by atoms with E-state index in [4.69, 9.17) is 14.6 Å². The smallest absolute Gasteiger partial charge is 0.339 e. The van der Waals surface area contributed by atoms with Gasteiger partial charge >= 0.3 is 11.9 Å². The van der Waals surface area contributed by atoms with E-state index in [9.17, 15) is 14.7 Å². The number of likely N-dealkylation sites (tertiary alicyclic amines) is 1. The molecule has 0 bridgehead atoms. The summed E-state index contributed by atoms with van der Waals surface area (Å²) < 4.78 is 11.4. The second-order valence-electron chi connectivity index (χ2n) is 8.06. The summed E-state index contributed by atoms with van der Waals surface area (Å²) in [6.07, 6.45) is 2.16. The molecule has 1 aliphatic carbocycles. The fourth-order valence-electron chi connectivity index (χ4n) is 3.48. The molecule has 144 valence electrons. The Kier molecular flexibility index (Phi) is 6.82. The highest BCUT2D eigenvalue weighted by atomic mass is 16.6. The van der Waals surface area contributed by atoms with Gasteiger partial charge in [0.2, 0.25) is 0 Å². The number of nitrogens with zero attached hydrogens (tertiary/aromatic N) is 1. The average molecular weight is 357 g/mol. The van der Waals surface area contributed by atoms with Gasteiger partial charge in [0.15, 0.2) is 6.10 Å². The van der Waals surface area contributed by atoms with Gasteiger partial charge in [-0.05, 0) is 59.3 Å². The molecule has 0 aromatic heterocycles. The van der Waals surface area contributed by atoms with E-state index in [1.54, 1.807) is 20.8 Å². The number of aliphatic hydroxyl groups excluding tert-OH is 1. The van der Waals surface area contributed by atoms with Crippen LogP contribution in [0.3, 0.4) is 0 Å². The topological polar surface area (TPSA) is 96.3 Å². The molecule has 2 atom stereocenters. The molecule has 0 aromatic carbocycles. The minimum atomic E-state index is -1.37. The van der Waals surface area contributed by atoms with Crippen molar-refractivity contribution in [3.63, 3.8) is 0 Å². The Morgan fingerprint density at radius 1 is 1.08 bits per heavy atom. The highest BCUT2D eigenvalue weighted by Gasteiger charge is 2.39. The standard InChI is InChI=1S/C18H31NO6/c1-18(2,3)25-17(23)14(20)15(19-10-4-5-11-19)24-13-8-6-12(7-9-13)16(21)22/h12-15,20H,4-11H2,1-3H3,(H,21,22)/t12?,13?,14-,15-/m0/s1. The summed E-state index contributed by atoms with van der Waals surface area (Å²) in [5.41, 5.74) is -0.673. The Hall–Kier alpha value is -1.18. The van der Waals surface area contributed by atoms with E-state index in [0.717, 1.165) is 25.9 Å². The molecule has 0 amide bonds. The van der Waals surface area contributed by atoms with Crippen LogP contribution in [0.15, 0.2) is 0 Å². The predicted molar refractivity (Wildman–Crippen MR) is 90.9 cm³/mol. The average Bonchev–Trinajstić information content (AvgIpc) is 3.04. The van der Waals surface area contributed by atoms with Gasteiger partial charge in [-0.25, -0.2) is 4.79 Å². The number of carbonyl (C=O) groups excluding carboxylic acids is 1. The van der Waals surface area contributed by atoms with Gasteiger partial charge in [0, 0.05) is 13.1 Å². The van der Waals surface area contributed by atoms with Crippen molar-refractivity contribution in [1.82, 2.24) is 4.90 Å². The third kappa shape index (κ3) is 5.94. The molecular formula is C18H31NO6. The molecule has 1 heterocycles. The molecule has 2 N–H and O–H groups in total. The van der Waals surface area contributed by atoms with E-state index in [2.05, 4.69) is 0 Å². The largest absolute Gasteiger partial charge is 0.481 e. The van der Waals surface area contributed by atoms with Crippen LogP contribution in [0.5, 0.6) is 0 Å². The van der Waals surface area contributed by atoms with E-state index in [0.29, 0.717) is 25.7 Å². The highest BCUT2D eigenvalue weighted by molar-refractivity contribution is 5.75. The van der Waals surface area contributed by atoms with Gasteiger partial charge in [-0.2, -0.15) is 0 Å². The molecule has 1 saturated carbocycles. The lowest BCUT2D eigenvalue weighted by molar-refractivity contribution is -0.194. The van der Waals surface area contributed by atoms with Crippen LogP contribution in [0.2, 0.25) is 0 Å². The summed E-state index contributed by atoms with van der Waals surface area (Å²) in [6.45, 7) is 6.83. The molecule has 7 nitrogen and oxygen atoms in total. The summed E-state index contributed by atoms with van der Waals surface area (Å²) in [6, 6.07) is 0. The van der Waals surface area contributed by atoms with E-state index in [1.165, 1.54) is 0 Å². The molecule has 0 radical (unpaired) electrons. The molecule has 2 aliphatic rings. The molecule has 7 heteroatoms. The number of esters is 1. The first-order chi connectivity index (χ1) is 11.7. The van der Waals surface area contributed by atoms with Gasteiger partial charge in [-0.15, -0.1) is 0 Å². The Balaban J connectivity index is 1.99. The fraction of sp³-hybridized carbons (Fsp3) is 0.889. The third-order valence-electron chi connectivity index (χ3n) is 4.77. The Morgan fingerprint density at radius 2 is 1.64 bits per heavy atom. The zero-order valence-electron chi connectivity index (χ0n) is 15.4. The van der Waals surface area contributed by atoms with Gasteiger partial charge in [-0.3, -0.25) is 9.69 Å². The molecule has 2 fully saturated rings. The molecule has 0 unspecified atom stereocenters. The Labute approximate surface area is 149 Å². The number of hydrogen-bond acceptors (Lipinski definition) is 6. The summed E-state index contributed by atoms with van der Waals surface area (Å²) >= 11 is 0. The summed E-state index contributed by atoms with van der Waals surface area (Å²) in [4.78, 5) is 25.3. The van der Waals surface area contributed by atoms with Crippen LogP contribution in [0, 0.1) is 5.92 Å². The van der Waals surface area contributed by atoms with Crippen LogP contribution >= 0.6 is 0 Å². The van der Waals surface area contributed by atoms with Crippen molar-refractivity contribution in [3.05, 3.63) is 0 Å². The maximum absolute atomic E-state index is 12.3. The lowest BCUT2D eigenvalue weighted by atomic mass is 9.87. The van der Waals surface area contributed by atoms with Crippen molar-refractivity contribution in [1.29, 1.82) is 0 Å². The minimum absolute atomic E-state index is 0.140. The first-order valence-corrected chi connectivity index (χ1v) is 9.20. The maximum Gasteiger partial charge on any atom is 0.339 e. The molecule has 1 aliphatic heterocycles. The van der Waals surface area contributed by atoms with Crippen LogP contribution in [0.1, 0.15) is 59.3 Å². The van der Waals surface area contributed by atoms with Gasteiger partial charge in [0.05, 0.1) is 12.0 Å². The molecular weight excluding hydrogens is 326 g/mol. The lowest BCUT2D eigenvalue weighted by Crippen LogP contribution is -2.51. The number of carbonyl (C=O) groups is 2. The van der Waals surface area contributed by atoms with Gasteiger partial charge in [0.25, 0.3) is 0 Å². The van der Waals surface area contributed by atoms with Crippen molar-refractivity contribution in [2.45, 2.75) is 83.3 Å². The normalized spacial score (nSPS) is 27.7. The molecule has 0 spiro atoms. The first-order valence-electron chi connectivity index (χ1n) is 9.20. The van der Waals surface area contributed by atoms with E-state index >= 15 is 0 Å². The molecule has 25 heavy (non-hydrogen) atoms. The number of ether oxygens (including phenoxy) is 2. The molecule has 2 rings (SSSR count). The zero-order chi connectivity index (χ0) is 18.6. The summed E-state index contributed by atoms with van der Waals surface area (Å²) in [5.74, 6) is -1.76. The van der Waals surface area contributed by atoms with Crippen molar-refractivity contribution in [2.24, 2.45) is 5.92 Å². The lowest BCUT2D eigenvalue weighted by Gasteiger charge is -2.36. The van der Waals surface area contributed by atoms with Crippen molar-refractivity contribution in [3.8, 4) is 0 Å². The van der Waals surface area contributed by atoms with Crippen molar-refractivity contribution < 1.29 is 29.3 Å². The van der Waals surface area contributed by atoms with Crippen molar-refractivity contribution >= 4 is 11.9 Å². The van der Waals surface area contributed by atoms with Crippen LogP contribution in [0.4, 0.5) is 0 Å². The number of rotatable bonds is 6. The number of aliphatic carboxylic acids is 1. The second-order valence-corrected chi connectivity index (χ2v) is 8.06. The summed E-state index contributed by atoms with van der Waals surface area (Å²) in [7, 11) is 0. The molecule has 0 aromatic rings. The maximum atomic E-state index is 12.3. The van der Waals surface area contributed by atoms with E-state index < -0.39 is 29.9 Å². The number of carboxylic acids is 1. The fourth-order valence-corrected chi connectivity index (χ4v) is 3.48. The Bertz CT molecular complexity index is 461. The Morgan fingerprint density at radius 3 is 2.12 bits per heavy atom. The van der Waals surface area contributed by atoms with Crippen molar-refractivity contribution in [2.75, 3.05) is 13.1 Å². The van der Waals surface area contributed by atoms with Crippen LogP contribution in [-0.4, -0.2) is 64.2 Å². The zero-order valence-corrected chi connectivity index (χ0v) is 15.4. The third-order valence-corrected chi connectivity index (χ3v) is 4.77. The number of hydrogen-bond donors (Lipinski definition) is 2. The monoisotopic (exact) mass is 357 g/mol. The highest BCUT2D eigenvalue weighted by Crippen LogP contribution is 2.29. The predicted octanol–water partition coefficient (Wildman–Crippen LogP) is 1.77. The van der Waals surface area contributed by atoms with Crippen LogP contribution < -0.4 is 0 Å². The van der Waals surface area contributed by atoms with Gasteiger partial charge < -0.3 is 19.7 Å². The number of aliphatic hydroxyl groups is 1. The van der Waals surface area contributed by atoms with E-state index in [1.807, 2.05) is 4.90 Å². The van der Waals surface area contributed by atoms with Crippen LogP contribution in [-0.2, 0) is 19.1 Å². The minimum Gasteiger partial charge on any atom is -0.481 e. The van der Waals surface area contributed by atoms with Crippen LogP contribution in [0.25, 0.3) is 0 Å². The first kappa shape index (κ1) is 20.1. The van der Waals surface area contributed by atoms with Gasteiger partial charge in [0.1, 0.15) is 11.8 Å². The quantitative estimate of drug-likeness (QED) is 0.699. The number of carboxylic acid groups (broad SMARTS) is 1. The molecule has 1 saturated heterocycles. The summed E-state index contributed by atoms with van der Waals surface area (Å²) in [5, 5.41) is 19.6. The second kappa shape index (κ2) is 8.47. The van der Waals surface area contributed by atoms with Gasteiger partial charge in [-0.1, -0.05) is 0 Å². The SMILES string of the molecule is CC(C)(C)OC(=O)[C@@H](O)[C@H](OC1CCC(C(=O)O)CC1)N1CCCC1. The van der Waals surface area contributed by atoms with E-state index in [-0.39, 0.29) is 12.0 Å².